The van der Waals surface area contributed by atoms with Gasteiger partial charge in [0.2, 0.25) is 20.0 Å². The third-order valence-electron chi connectivity index (χ3n) is 10.6. The third kappa shape index (κ3) is 9.37. The first kappa shape index (κ1) is 46.5. The Morgan fingerprint density at radius 1 is 0.692 bits per heavy atom. The topological polar surface area (TPSA) is 229 Å². The third-order valence-corrected chi connectivity index (χ3v) is 14.5. The lowest BCUT2D eigenvalue weighted by molar-refractivity contribution is 0.101. The molecule has 6 aromatic rings. The van der Waals surface area contributed by atoms with Crippen molar-refractivity contribution < 1.29 is 35.6 Å². The van der Waals surface area contributed by atoms with Crippen molar-refractivity contribution in [1.29, 1.82) is 0 Å². The van der Waals surface area contributed by atoms with Crippen LogP contribution in [0.2, 0.25) is 0 Å². The van der Waals surface area contributed by atoms with E-state index in [0.717, 1.165) is 12.1 Å². The Balaban J connectivity index is 0.000000194. The Morgan fingerprint density at radius 3 is 1.58 bits per heavy atom. The molecule has 0 saturated heterocycles. The molecule has 2 aromatic carbocycles. The highest BCUT2D eigenvalue weighted by molar-refractivity contribution is 7.89. The summed E-state index contributed by atoms with van der Waals surface area (Å²) in [4.78, 5) is 34.9. The van der Waals surface area contributed by atoms with Gasteiger partial charge in [-0.25, -0.2) is 31.2 Å². The van der Waals surface area contributed by atoms with E-state index in [4.69, 9.17) is 4.74 Å². The number of fused-ring (bicyclic) bond motifs is 2. The monoisotopic (exact) mass is 928 g/mol. The number of carbonyl (C=O) groups is 2. The van der Waals surface area contributed by atoms with Crippen LogP contribution < -0.4 is 15.4 Å². The molecule has 0 unspecified atom stereocenters. The van der Waals surface area contributed by atoms with E-state index < -0.39 is 37.7 Å². The average Bonchev–Trinajstić information content (AvgIpc) is 4.06. The fourth-order valence-electron chi connectivity index (χ4n) is 7.40. The van der Waals surface area contributed by atoms with Crippen LogP contribution in [-0.2, 0) is 33.1 Å². The molecule has 0 saturated carbocycles. The molecule has 4 aromatic heterocycles. The van der Waals surface area contributed by atoms with Crippen LogP contribution in [0.5, 0.6) is 5.75 Å². The predicted molar refractivity (Wildman–Crippen MR) is 238 cm³/mol. The van der Waals surface area contributed by atoms with E-state index >= 15 is 0 Å². The zero-order chi connectivity index (χ0) is 46.8. The largest absolute Gasteiger partial charge is 0.496 e. The summed E-state index contributed by atoms with van der Waals surface area (Å²) >= 11 is 0. The fraction of sp³-hybridized carbons (Fsp3) is 0.349. The molecule has 6 heterocycles. The van der Waals surface area contributed by atoms with Gasteiger partial charge in [0.1, 0.15) is 47.2 Å². The van der Waals surface area contributed by atoms with E-state index in [9.17, 15) is 30.8 Å². The lowest BCUT2D eigenvalue weighted by Crippen LogP contribution is -2.25. The van der Waals surface area contributed by atoms with Crippen LogP contribution in [0.15, 0.2) is 83.1 Å². The lowest BCUT2D eigenvalue weighted by atomic mass is 10.1. The van der Waals surface area contributed by atoms with Gasteiger partial charge in [0.25, 0.3) is 11.8 Å². The number of carbonyl (C=O) groups excluding carboxylic acids is 2. The minimum atomic E-state index is -3.75. The standard InChI is InChI=1S/C22H26N6O4S.C21H23FN6O3S/c1-5-9-27-12-15-10-18(32-4)16(11-19(15)33(27,30)31)22(29)25-20-8-6-7-17(24-20)21-26-23-13-28(21)14(2)3;1-4-8-27-11-14-9-16(22)15(10-18(14)32(27,30)31)21(29)25-19-7-5-6-17(24-19)20-26-23-12-28(20)13(2)3/h6-8,10-11,13-14H,5,9,12H2,1-4H3,(H,24,25,29);5-7,9-10,12-13H,4,8,11H2,1-3H3,(H,24,25,29). The van der Waals surface area contributed by atoms with Crippen LogP contribution >= 0.6 is 0 Å². The molecule has 19 nitrogen and oxygen atoms in total. The van der Waals surface area contributed by atoms with Gasteiger partial charge in [-0.3, -0.25) is 9.59 Å². The first-order valence-electron chi connectivity index (χ1n) is 20.9. The van der Waals surface area contributed by atoms with Crippen molar-refractivity contribution >= 4 is 43.5 Å². The molecule has 0 radical (unpaired) electrons. The van der Waals surface area contributed by atoms with Gasteiger partial charge in [0.05, 0.1) is 28.0 Å². The Hall–Kier alpha value is -6.49. The van der Waals surface area contributed by atoms with Gasteiger partial charge in [0.15, 0.2) is 11.6 Å². The molecule has 22 heteroatoms. The fourth-order valence-corrected chi connectivity index (χ4v) is 10.9. The SMILES string of the molecule is CCCN1Cc2cc(F)c(C(=O)Nc3cccc(-c4nncn4C(C)C)n3)cc2S1(=O)=O.CCCN1Cc2cc(OC)c(C(=O)Nc3cccc(-c4nncn4C(C)C)n3)cc2S1(=O)=O. The molecule has 0 atom stereocenters. The number of methoxy groups -OCH3 is 1. The van der Waals surface area contributed by atoms with Crippen molar-refractivity contribution in [3.05, 3.63) is 101 Å². The number of hydrogen-bond acceptors (Lipinski definition) is 13. The van der Waals surface area contributed by atoms with Gasteiger partial charge in [-0.2, -0.15) is 8.61 Å². The normalized spacial score (nSPS) is 15.0. The maximum absolute atomic E-state index is 14.7. The number of aromatic nitrogens is 8. The summed E-state index contributed by atoms with van der Waals surface area (Å²) in [5.74, 6) is -0.200. The Morgan fingerprint density at radius 2 is 1.14 bits per heavy atom. The van der Waals surface area contributed by atoms with E-state index in [1.807, 2.05) is 50.7 Å². The molecular weight excluding hydrogens is 880 g/mol. The van der Waals surface area contributed by atoms with Gasteiger partial charge < -0.3 is 24.5 Å². The summed E-state index contributed by atoms with van der Waals surface area (Å²) in [5, 5.41) is 21.4. The van der Waals surface area contributed by atoms with Crippen molar-refractivity contribution in [2.24, 2.45) is 0 Å². The number of benzene rings is 2. The second kappa shape index (κ2) is 18.9. The summed E-state index contributed by atoms with van der Waals surface area (Å²) in [7, 11) is -5.95. The number of anilines is 2. The first-order valence-corrected chi connectivity index (χ1v) is 23.8. The summed E-state index contributed by atoms with van der Waals surface area (Å²) in [6, 6.07) is 15.6. The summed E-state index contributed by atoms with van der Waals surface area (Å²) < 4.78 is 77.7. The first-order chi connectivity index (χ1) is 31.0. The maximum Gasteiger partial charge on any atom is 0.260 e. The average molecular weight is 929 g/mol. The molecule has 0 bridgehead atoms. The van der Waals surface area contributed by atoms with Crippen molar-refractivity contribution in [2.45, 2.75) is 89.3 Å². The summed E-state index contributed by atoms with van der Waals surface area (Å²) in [6.07, 6.45) is 4.56. The van der Waals surface area contributed by atoms with Crippen LogP contribution in [0.4, 0.5) is 16.0 Å². The van der Waals surface area contributed by atoms with E-state index in [-0.39, 0.29) is 51.9 Å². The molecule has 0 fully saturated rings. The minimum absolute atomic E-state index is 0.0377. The molecule has 2 amide bonds. The molecule has 2 N–H and O–H groups in total. The lowest BCUT2D eigenvalue weighted by Gasteiger charge is -2.13. The number of nitrogens with one attached hydrogen (secondary N) is 2. The number of sulfonamides is 2. The maximum atomic E-state index is 14.7. The van der Waals surface area contributed by atoms with Crippen LogP contribution in [0.1, 0.15) is 98.3 Å². The number of rotatable bonds is 13. The molecule has 65 heavy (non-hydrogen) atoms. The van der Waals surface area contributed by atoms with Crippen molar-refractivity contribution in [1.82, 2.24) is 48.1 Å². The smallest absolute Gasteiger partial charge is 0.260 e. The highest BCUT2D eigenvalue weighted by Crippen LogP contribution is 2.36. The summed E-state index contributed by atoms with van der Waals surface area (Å²) in [5.41, 5.74) is 1.77. The molecule has 0 aliphatic carbocycles. The zero-order valence-corrected chi connectivity index (χ0v) is 38.5. The van der Waals surface area contributed by atoms with Crippen LogP contribution in [0.3, 0.4) is 0 Å². The van der Waals surface area contributed by atoms with Gasteiger partial charge in [-0.1, -0.05) is 26.0 Å². The number of halogens is 1. The Labute approximate surface area is 376 Å². The molecule has 0 spiro atoms. The number of amides is 2. The Kier molecular flexibility index (Phi) is 13.5. The van der Waals surface area contributed by atoms with E-state index in [1.54, 1.807) is 55.1 Å². The molecule has 8 rings (SSSR count). The van der Waals surface area contributed by atoms with E-state index in [1.165, 1.54) is 21.8 Å². The van der Waals surface area contributed by atoms with Crippen LogP contribution in [0, 0.1) is 5.82 Å². The number of pyridine rings is 2. The van der Waals surface area contributed by atoms with Gasteiger partial charge in [-0.15, -0.1) is 20.4 Å². The van der Waals surface area contributed by atoms with Gasteiger partial charge >= 0.3 is 0 Å². The van der Waals surface area contributed by atoms with E-state index in [0.29, 0.717) is 71.7 Å². The predicted octanol–water partition coefficient (Wildman–Crippen LogP) is 6.32. The minimum Gasteiger partial charge on any atom is -0.496 e. The van der Waals surface area contributed by atoms with Gasteiger partial charge in [-0.05, 0) is 100 Å². The molecular formula is C43H49FN12O7S2. The number of nitrogens with zero attached hydrogens (tertiary/aromatic N) is 10. The van der Waals surface area contributed by atoms with Crippen molar-refractivity contribution in [2.75, 3.05) is 30.8 Å². The number of ether oxygens (including phenoxy) is 1. The zero-order valence-electron chi connectivity index (χ0n) is 36.8. The van der Waals surface area contributed by atoms with Crippen LogP contribution in [0.25, 0.3) is 23.0 Å². The summed E-state index contributed by atoms with van der Waals surface area (Å²) in [6.45, 7) is 12.9. The second-order valence-corrected chi connectivity index (χ2v) is 19.6. The molecule has 2 aliphatic rings. The molecule has 2 aliphatic heterocycles. The van der Waals surface area contributed by atoms with Crippen molar-refractivity contribution in [3.8, 4) is 28.8 Å². The quantitative estimate of drug-likeness (QED) is 0.129. The van der Waals surface area contributed by atoms with Crippen molar-refractivity contribution in [3.63, 3.8) is 0 Å². The number of hydrogen-bond donors (Lipinski definition) is 2. The highest BCUT2D eigenvalue weighted by Gasteiger charge is 2.37. The van der Waals surface area contributed by atoms with Gasteiger partial charge in [0, 0.05) is 38.3 Å². The highest BCUT2D eigenvalue weighted by atomic mass is 32.2. The Bertz CT molecular complexity index is 2990. The molecule has 342 valence electrons. The second-order valence-electron chi connectivity index (χ2n) is 15.8. The van der Waals surface area contributed by atoms with Crippen LogP contribution in [-0.4, -0.2) is 97.0 Å². The van der Waals surface area contributed by atoms with E-state index in [2.05, 4.69) is 41.0 Å².